The lowest BCUT2D eigenvalue weighted by Gasteiger charge is -2.13. The maximum atomic E-state index is 8.88. The van der Waals surface area contributed by atoms with Crippen molar-refractivity contribution >= 4 is 17.1 Å². The van der Waals surface area contributed by atoms with Crippen LogP contribution in [0.5, 0.6) is 17.2 Å². The molecule has 18 heteroatoms. The van der Waals surface area contributed by atoms with E-state index in [1.165, 1.54) is 6.92 Å². The summed E-state index contributed by atoms with van der Waals surface area (Å²) < 4.78 is 99.3. The van der Waals surface area contributed by atoms with Crippen LogP contribution >= 0.6 is 0 Å². The van der Waals surface area contributed by atoms with Crippen LogP contribution in [-0.2, 0) is 19.3 Å². The lowest BCUT2D eigenvalue weighted by Crippen LogP contribution is -2.19. The molecule has 0 bridgehead atoms. The standard InChI is InChI=1S/3C24H26N4O2/c3*1-5-13-26-20-11-10-17-18(20)7-6-8-19(17)23-27-24(30-28-23)16-9-12-22(29-15(2)3)21(14-16)25-4/h3*6-9,12,14-15,20,26H,5,10-11,13H2,1-3H3/t3*20-/m000/s1/i13D2,20D;5D2,13D2;20D. The Morgan fingerprint density at radius 3 is 1.27 bits per heavy atom. The fourth-order valence-corrected chi connectivity index (χ4v) is 11.0. The fourth-order valence-electron chi connectivity index (χ4n) is 11.0. The molecule has 0 fully saturated rings. The van der Waals surface area contributed by atoms with Gasteiger partial charge in [0.05, 0.1) is 40.8 Å². The van der Waals surface area contributed by atoms with Crippen molar-refractivity contribution in [3.05, 3.63) is 177 Å². The molecule has 3 atom stereocenters. The number of benzene rings is 6. The van der Waals surface area contributed by atoms with Gasteiger partial charge in [0.1, 0.15) is 17.2 Å². The van der Waals surface area contributed by atoms with Crippen molar-refractivity contribution < 1.29 is 38.7 Å². The largest absolute Gasteiger partial charge is 0.502 e. The van der Waals surface area contributed by atoms with Gasteiger partial charge in [-0.15, -0.1) is 0 Å². The van der Waals surface area contributed by atoms with Crippen LogP contribution in [0.4, 0.5) is 17.1 Å². The zero-order valence-electron chi connectivity index (χ0n) is 60.0. The highest BCUT2D eigenvalue weighted by Gasteiger charge is 2.30. The number of nitrogens with zero attached hydrogens (tertiary/aromatic N) is 9. The van der Waals surface area contributed by atoms with Gasteiger partial charge in [0, 0.05) is 59.7 Å². The van der Waals surface area contributed by atoms with Gasteiger partial charge >= 0.3 is 0 Å². The average molecular weight is 1220 g/mol. The summed E-state index contributed by atoms with van der Waals surface area (Å²) in [4.78, 5) is 24.4. The number of fused-ring (bicyclic) bond motifs is 3. The normalized spacial score (nSPS) is 18.7. The number of rotatable bonds is 21. The Kier molecular flexibility index (Phi) is 17.6. The summed E-state index contributed by atoms with van der Waals surface area (Å²) in [5.41, 5.74) is 11.1. The Bertz CT molecular complexity index is 4490. The van der Waals surface area contributed by atoms with Crippen LogP contribution < -0.4 is 30.2 Å². The highest BCUT2D eigenvalue weighted by atomic mass is 16.5. The molecule has 3 aliphatic rings. The van der Waals surface area contributed by atoms with E-state index in [-0.39, 0.29) is 36.7 Å². The molecule has 462 valence electrons. The monoisotopic (exact) mass is 1210 g/mol. The van der Waals surface area contributed by atoms with E-state index in [0.29, 0.717) is 106 Å². The zero-order valence-corrected chi connectivity index (χ0v) is 52.0. The molecule has 12 rings (SSSR count). The fraction of sp³-hybridized carbons (Fsp3) is 0.375. The van der Waals surface area contributed by atoms with Crippen LogP contribution in [-0.4, -0.2) is 68.3 Å². The molecule has 0 unspecified atom stereocenters. The minimum Gasteiger partial charge on any atom is -0.502 e. The first-order valence-corrected chi connectivity index (χ1v) is 30.4. The molecule has 6 aromatic carbocycles. The van der Waals surface area contributed by atoms with Crippen molar-refractivity contribution in [2.24, 2.45) is 0 Å². The van der Waals surface area contributed by atoms with Crippen molar-refractivity contribution in [3.63, 3.8) is 0 Å². The molecular formula is C72H78N12O6. The second kappa shape index (κ2) is 29.7. The summed E-state index contributed by atoms with van der Waals surface area (Å²) in [6.45, 7) is 35.9. The maximum absolute atomic E-state index is 8.88. The van der Waals surface area contributed by atoms with Gasteiger partial charge in [0.25, 0.3) is 17.7 Å². The second-order valence-corrected chi connectivity index (χ2v) is 22.3. The Hall–Kier alpha value is -9.51. The molecule has 0 saturated carbocycles. The lowest BCUT2D eigenvalue weighted by atomic mass is 10.0. The summed E-state index contributed by atoms with van der Waals surface area (Å²) in [6, 6.07) is 30.5. The molecule has 0 saturated heterocycles. The van der Waals surface area contributed by atoms with Crippen LogP contribution in [0.25, 0.3) is 83.1 Å². The van der Waals surface area contributed by atoms with Crippen LogP contribution in [0.15, 0.2) is 123 Å². The number of nitrogens with one attached hydrogen (secondary N) is 3. The van der Waals surface area contributed by atoms with Gasteiger partial charge in [-0.1, -0.05) is 90.8 Å². The maximum Gasteiger partial charge on any atom is 0.256 e. The number of hydrogen-bond acceptors (Lipinski definition) is 15. The molecule has 3 aliphatic carbocycles. The van der Waals surface area contributed by atoms with E-state index in [1.54, 1.807) is 55.5 Å². The summed E-state index contributed by atoms with van der Waals surface area (Å²) in [5.74, 6) is 3.80. The predicted octanol–water partition coefficient (Wildman–Crippen LogP) is 17.2. The van der Waals surface area contributed by atoms with Crippen molar-refractivity contribution in [1.29, 1.82) is 0 Å². The minimum atomic E-state index is -2.18. The molecule has 9 aromatic rings. The smallest absolute Gasteiger partial charge is 0.256 e. The van der Waals surface area contributed by atoms with Gasteiger partial charge in [0.2, 0.25) is 34.5 Å². The first-order chi connectivity index (χ1) is 46.6. The summed E-state index contributed by atoms with van der Waals surface area (Å²) >= 11 is 0. The van der Waals surface area contributed by atoms with E-state index >= 15 is 0 Å². The van der Waals surface area contributed by atoms with Crippen LogP contribution in [0.2, 0.25) is 0 Å². The summed E-state index contributed by atoms with van der Waals surface area (Å²) in [6.07, 6.45) is 2.99. The highest BCUT2D eigenvalue weighted by Crippen LogP contribution is 2.42. The molecular weight excluding hydrogens is 1130 g/mol. The van der Waals surface area contributed by atoms with Gasteiger partial charge in [-0.3, -0.25) is 0 Å². The van der Waals surface area contributed by atoms with Gasteiger partial charge in [0.15, 0.2) is 0 Å². The molecule has 0 radical (unpaired) electrons. The lowest BCUT2D eigenvalue weighted by molar-refractivity contribution is 0.244. The van der Waals surface area contributed by atoms with Crippen molar-refractivity contribution in [1.82, 2.24) is 46.4 Å². The quantitative estimate of drug-likeness (QED) is 0.0575. The summed E-state index contributed by atoms with van der Waals surface area (Å²) in [5, 5.41) is 21.6. The third-order valence-electron chi connectivity index (χ3n) is 15.0. The van der Waals surface area contributed by atoms with Crippen molar-refractivity contribution in [3.8, 4) is 85.8 Å². The molecule has 3 N–H and O–H groups in total. The number of hydrogen-bond donors (Lipinski definition) is 3. The Morgan fingerprint density at radius 1 is 0.500 bits per heavy atom. The SMILES string of the molecule is [2H]C([2H])(C)C([2H])([2H])N[C@H]1CCc2c(-c3noc(-c4ccc(OC(C)C)c([N+]#[C-])c4)n3)cccc21.[2H]C([2H])(CC)N[C@@]1([2H])CCc2c(-c3noc(-c4ccc(OC(C)C)c([N+]#[C-])c4)n3)cccc21.[2H][C@]1(NCCC)CCc2c(-c3noc(-c4ccc(OC(C)C)c([N+]#[C-])c4)n3)cccc21. The predicted molar refractivity (Wildman–Crippen MR) is 350 cm³/mol. The van der Waals surface area contributed by atoms with Crippen molar-refractivity contribution in [2.45, 2.75) is 156 Å². The Morgan fingerprint density at radius 2 is 0.889 bits per heavy atom. The third kappa shape index (κ3) is 14.6. The number of aromatic nitrogens is 6. The first kappa shape index (κ1) is 53.5. The molecule has 18 nitrogen and oxygen atoms in total. The van der Waals surface area contributed by atoms with E-state index in [2.05, 4.69) is 67.8 Å². The highest BCUT2D eigenvalue weighted by molar-refractivity contribution is 5.74. The molecule has 0 aliphatic heterocycles. The van der Waals surface area contributed by atoms with Gasteiger partial charge in [-0.2, -0.15) is 15.0 Å². The van der Waals surface area contributed by atoms with E-state index in [1.807, 2.05) is 102 Å². The van der Waals surface area contributed by atoms with Crippen LogP contribution in [0.3, 0.4) is 0 Å². The van der Waals surface area contributed by atoms with Crippen LogP contribution in [0.1, 0.15) is 163 Å². The van der Waals surface area contributed by atoms with E-state index in [4.69, 9.17) is 58.5 Å². The van der Waals surface area contributed by atoms with Gasteiger partial charge in [-0.05, 0) is 207 Å². The van der Waals surface area contributed by atoms with Gasteiger partial charge in [-0.25, -0.2) is 14.5 Å². The zero-order chi connectivity index (χ0) is 70.5. The summed E-state index contributed by atoms with van der Waals surface area (Å²) in [7, 11) is 0. The number of ether oxygens (including phenoxy) is 3. The first-order valence-electron chi connectivity index (χ1n) is 34.4. The van der Waals surface area contributed by atoms with E-state index < -0.39 is 31.4 Å². The minimum absolute atomic E-state index is 0.0162. The van der Waals surface area contributed by atoms with Gasteiger partial charge < -0.3 is 43.7 Å². The second-order valence-electron chi connectivity index (χ2n) is 22.3. The molecule has 0 amide bonds. The Balaban J connectivity index is 0.000000159. The molecule has 0 spiro atoms. The topological polar surface area (TPSA) is 194 Å². The molecule has 3 heterocycles. The van der Waals surface area contributed by atoms with E-state index in [0.717, 1.165) is 75.9 Å². The van der Waals surface area contributed by atoms with E-state index in [9.17, 15) is 0 Å². The van der Waals surface area contributed by atoms with Crippen LogP contribution in [0, 0.1) is 19.7 Å². The third-order valence-corrected chi connectivity index (χ3v) is 15.0. The Labute approximate surface area is 538 Å². The molecule has 90 heavy (non-hydrogen) atoms. The average Bonchev–Trinajstić information content (AvgIpc) is 1.61. The van der Waals surface area contributed by atoms with Crippen molar-refractivity contribution in [2.75, 3.05) is 19.5 Å². The molecule has 3 aromatic heterocycles.